The second-order valence-electron chi connectivity index (χ2n) is 10.5. The van der Waals surface area contributed by atoms with Crippen LogP contribution in [0.15, 0.2) is 78.9 Å². The molecule has 4 rings (SSSR count). The first kappa shape index (κ1) is 24.7. The van der Waals surface area contributed by atoms with Crippen LogP contribution in [-0.2, 0) is 24.6 Å². The standard InChI is InChI=1S/C30H33NO4/c1-28(2,3)35-27(33)29(4,5)25(26(32)34-6)31-30(20-14-8-7-9-15-20)23-18-12-10-16-21(23)22-17-11-13-19-24(22)30/h7-19,25,31H,1-6H3/t25-/m1/s1. The van der Waals surface area contributed by atoms with Crippen molar-refractivity contribution in [2.45, 2.75) is 51.8 Å². The molecule has 35 heavy (non-hydrogen) atoms. The number of benzene rings is 3. The van der Waals surface area contributed by atoms with Crippen LogP contribution in [0.4, 0.5) is 0 Å². The minimum atomic E-state index is -1.23. The molecule has 3 aromatic rings. The smallest absolute Gasteiger partial charge is 0.324 e. The van der Waals surface area contributed by atoms with Crippen molar-refractivity contribution < 1.29 is 19.1 Å². The summed E-state index contributed by atoms with van der Waals surface area (Å²) in [7, 11) is 1.34. The zero-order valence-electron chi connectivity index (χ0n) is 21.2. The lowest BCUT2D eigenvalue weighted by Gasteiger charge is -2.41. The molecule has 0 radical (unpaired) electrons. The molecular formula is C30H33NO4. The van der Waals surface area contributed by atoms with E-state index in [-0.39, 0.29) is 0 Å². The number of esters is 2. The average Bonchev–Trinajstić information content (AvgIpc) is 3.12. The number of carbonyl (C=O) groups excluding carboxylic acids is 2. The fourth-order valence-corrected chi connectivity index (χ4v) is 4.87. The SMILES string of the molecule is COC(=O)[C@@H](NC1(c2ccccc2)c2ccccc2-c2ccccc21)C(C)(C)C(=O)OC(C)(C)C. The third-order valence-electron chi connectivity index (χ3n) is 6.60. The van der Waals surface area contributed by atoms with Crippen molar-refractivity contribution in [1.82, 2.24) is 5.32 Å². The maximum Gasteiger partial charge on any atom is 0.324 e. The zero-order valence-corrected chi connectivity index (χ0v) is 21.2. The fraction of sp³-hybridized carbons (Fsp3) is 0.333. The van der Waals surface area contributed by atoms with E-state index >= 15 is 0 Å². The van der Waals surface area contributed by atoms with E-state index in [1.807, 2.05) is 75.4 Å². The van der Waals surface area contributed by atoms with E-state index in [0.717, 1.165) is 27.8 Å². The maximum absolute atomic E-state index is 13.4. The molecule has 0 amide bonds. The summed E-state index contributed by atoms with van der Waals surface area (Å²) in [5.74, 6) is -1.01. The molecular weight excluding hydrogens is 438 g/mol. The highest BCUT2D eigenvalue weighted by molar-refractivity contribution is 5.89. The van der Waals surface area contributed by atoms with E-state index in [9.17, 15) is 9.59 Å². The highest BCUT2D eigenvalue weighted by Gasteiger charge is 2.52. The van der Waals surface area contributed by atoms with Crippen LogP contribution in [0.5, 0.6) is 0 Å². The number of fused-ring (bicyclic) bond motifs is 3. The second-order valence-corrected chi connectivity index (χ2v) is 10.5. The predicted octanol–water partition coefficient (Wildman–Crippen LogP) is 5.46. The normalized spacial score (nSPS) is 15.0. The van der Waals surface area contributed by atoms with Gasteiger partial charge in [0.25, 0.3) is 0 Å². The van der Waals surface area contributed by atoms with Gasteiger partial charge in [0.15, 0.2) is 0 Å². The number of nitrogens with one attached hydrogen (secondary N) is 1. The Balaban J connectivity index is 1.95. The quantitative estimate of drug-likeness (QED) is 0.484. The molecule has 5 heteroatoms. The van der Waals surface area contributed by atoms with Gasteiger partial charge in [-0.25, -0.2) is 0 Å². The third-order valence-corrected chi connectivity index (χ3v) is 6.60. The minimum Gasteiger partial charge on any atom is -0.468 e. The first-order valence-electron chi connectivity index (χ1n) is 11.9. The van der Waals surface area contributed by atoms with Crippen molar-refractivity contribution in [1.29, 1.82) is 0 Å². The van der Waals surface area contributed by atoms with Gasteiger partial charge in [0.1, 0.15) is 11.6 Å². The van der Waals surface area contributed by atoms with E-state index < -0.39 is 34.5 Å². The van der Waals surface area contributed by atoms with Crippen molar-refractivity contribution >= 4 is 11.9 Å². The summed E-state index contributed by atoms with van der Waals surface area (Å²) in [5.41, 5.74) is 2.35. The Morgan fingerprint density at radius 3 is 1.74 bits per heavy atom. The molecule has 0 aliphatic heterocycles. The molecule has 5 nitrogen and oxygen atoms in total. The van der Waals surface area contributed by atoms with E-state index in [1.165, 1.54) is 7.11 Å². The van der Waals surface area contributed by atoms with Gasteiger partial charge in [-0.1, -0.05) is 78.9 Å². The van der Waals surface area contributed by atoms with Crippen LogP contribution in [0.25, 0.3) is 11.1 Å². The van der Waals surface area contributed by atoms with Crippen LogP contribution in [0.3, 0.4) is 0 Å². The molecule has 0 spiro atoms. The first-order chi connectivity index (χ1) is 16.5. The van der Waals surface area contributed by atoms with E-state index in [4.69, 9.17) is 9.47 Å². The largest absolute Gasteiger partial charge is 0.468 e. The first-order valence-corrected chi connectivity index (χ1v) is 11.9. The summed E-state index contributed by atoms with van der Waals surface area (Å²) in [4.78, 5) is 26.7. The Bertz CT molecular complexity index is 1190. The van der Waals surface area contributed by atoms with Crippen molar-refractivity contribution in [3.63, 3.8) is 0 Å². The molecule has 182 valence electrons. The van der Waals surface area contributed by atoms with Crippen molar-refractivity contribution in [2.75, 3.05) is 7.11 Å². The molecule has 1 aliphatic rings. The van der Waals surface area contributed by atoms with Gasteiger partial charge in [0.05, 0.1) is 18.1 Å². The molecule has 0 bridgehead atoms. The third kappa shape index (κ3) is 4.25. The van der Waals surface area contributed by atoms with Crippen LogP contribution in [-0.4, -0.2) is 30.7 Å². The topological polar surface area (TPSA) is 64.6 Å². The average molecular weight is 472 g/mol. The predicted molar refractivity (Wildman–Crippen MR) is 137 cm³/mol. The summed E-state index contributed by atoms with van der Waals surface area (Å²) >= 11 is 0. The summed E-state index contributed by atoms with van der Waals surface area (Å²) in [6.45, 7) is 8.89. The molecule has 3 aromatic carbocycles. The maximum atomic E-state index is 13.4. The number of hydrogen-bond donors (Lipinski definition) is 1. The van der Waals surface area contributed by atoms with Crippen LogP contribution in [0, 0.1) is 5.41 Å². The fourth-order valence-electron chi connectivity index (χ4n) is 4.87. The molecule has 0 saturated carbocycles. The second kappa shape index (κ2) is 8.97. The number of ether oxygens (including phenoxy) is 2. The Hall–Kier alpha value is -3.44. The van der Waals surface area contributed by atoms with Crippen LogP contribution >= 0.6 is 0 Å². The van der Waals surface area contributed by atoms with Gasteiger partial charge in [-0.3, -0.25) is 14.9 Å². The zero-order chi connectivity index (χ0) is 25.4. The Labute approximate surface area is 207 Å². The summed E-state index contributed by atoms with van der Waals surface area (Å²) < 4.78 is 11.0. The molecule has 1 aliphatic carbocycles. The molecule has 0 fully saturated rings. The Kier molecular flexibility index (Phi) is 6.32. The van der Waals surface area contributed by atoms with Gasteiger partial charge in [-0.05, 0) is 62.4 Å². The van der Waals surface area contributed by atoms with E-state index in [1.54, 1.807) is 13.8 Å². The lowest BCUT2D eigenvalue weighted by Crippen LogP contribution is -2.60. The number of hydrogen-bond acceptors (Lipinski definition) is 5. The summed E-state index contributed by atoms with van der Waals surface area (Å²) in [6.07, 6.45) is 0. The number of carbonyl (C=O) groups is 2. The lowest BCUT2D eigenvalue weighted by atomic mass is 9.76. The molecule has 0 heterocycles. The van der Waals surface area contributed by atoms with Gasteiger partial charge >= 0.3 is 11.9 Å². The van der Waals surface area contributed by atoms with E-state index in [2.05, 4.69) is 29.6 Å². The van der Waals surface area contributed by atoms with Gasteiger partial charge in [-0.15, -0.1) is 0 Å². The highest BCUT2D eigenvalue weighted by Crippen LogP contribution is 2.51. The Morgan fingerprint density at radius 2 is 1.26 bits per heavy atom. The van der Waals surface area contributed by atoms with Crippen LogP contribution < -0.4 is 5.32 Å². The Morgan fingerprint density at radius 1 is 0.771 bits per heavy atom. The molecule has 0 aromatic heterocycles. The molecule has 0 saturated heterocycles. The van der Waals surface area contributed by atoms with Crippen molar-refractivity contribution in [2.24, 2.45) is 5.41 Å². The van der Waals surface area contributed by atoms with Crippen LogP contribution in [0.2, 0.25) is 0 Å². The van der Waals surface area contributed by atoms with Gasteiger partial charge in [-0.2, -0.15) is 0 Å². The lowest BCUT2D eigenvalue weighted by molar-refractivity contribution is -0.172. The number of rotatable bonds is 6. The molecule has 1 N–H and O–H groups in total. The van der Waals surface area contributed by atoms with Gasteiger partial charge in [0.2, 0.25) is 0 Å². The van der Waals surface area contributed by atoms with Crippen molar-refractivity contribution in [3.8, 4) is 11.1 Å². The minimum absolute atomic E-state index is 0.476. The van der Waals surface area contributed by atoms with E-state index in [0.29, 0.717) is 0 Å². The van der Waals surface area contributed by atoms with Gasteiger partial charge < -0.3 is 9.47 Å². The summed E-state index contributed by atoms with van der Waals surface area (Å²) in [6, 6.07) is 25.4. The summed E-state index contributed by atoms with van der Waals surface area (Å²) in [5, 5.41) is 3.64. The molecule has 1 atom stereocenters. The van der Waals surface area contributed by atoms with Crippen molar-refractivity contribution in [3.05, 3.63) is 95.6 Å². The highest BCUT2D eigenvalue weighted by atomic mass is 16.6. The molecule has 0 unspecified atom stereocenters. The van der Waals surface area contributed by atoms with Crippen LogP contribution in [0.1, 0.15) is 51.3 Å². The number of methoxy groups -OCH3 is 1. The monoisotopic (exact) mass is 471 g/mol. The van der Waals surface area contributed by atoms with Gasteiger partial charge in [0, 0.05) is 0 Å².